The van der Waals surface area contributed by atoms with E-state index in [-0.39, 0.29) is 5.96 Å². The zero-order valence-corrected chi connectivity index (χ0v) is 10.3. The van der Waals surface area contributed by atoms with Crippen LogP contribution in [-0.4, -0.2) is 23.6 Å². The second kappa shape index (κ2) is 5.75. The summed E-state index contributed by atoms with van der Waals surface area (Å²) >= 11 is 0.847. The third kappa shape index (κ3) is 3.89. The molecule has 0 aliphatic carbocycles. The molecule has 1 unspecified atom stereocenters. The van der Waals surface area contributed by atoms with Crippen molar-refractivity contribution in [3.05, 3.63) is 0 Å². The second-order valence-corrected chi connectivity index (χ2v) is 2.36. The molecule has 0 bridgehead atoms. The summed E-state index contributed by atoms with van der Waals surface area (Å²) in [6, 6.07) is 0.467. The van der Waals surface area contributed by atoms with Crippen LogP contribution in [0.25, 0.3) is 0 Å². The standard InChI is InChI=1S/C5H12N4.ClH.Zn/c1-4-2-3-9(8-4)5(6)7;;/h4,8H,2-3H2,1H3,(H3,6,7);1H;/q;;+1/p-1. The van der Waals surface area contributed by atoms with Crippen LogP contribution >= 0.6 is 9.69 Å². The molecule has 6 heteroatoms. The molecule has 1 aliphatic rings. The SMILES string of the molecule is CC1CCN(C(=N)N)N1.[Cl][Zn]. The number of nitrogens with one attached hydrogen (secondary N) is 2. The van der Waals surface area contributed by atoms with Crippen LogP contribution in [0.15, 0.2) is 0 Å². The Morgan fingerprint density at radius 2 is 2.36 bits per heavy atom. The molecule has 11 heavy (non-hydrogen) atoms. The van der Waals surface area contributed by atoms with E-state index in [0.717, 1.165) is 30.3 Å². The summed E-state index contributed by atoms with van der Waals surface area (Å²) in [5.41, 5.74) is 8.24. The van der Waals surface area contributed by atoms with Gasteiger partial charge in [-0.05, 0) is 13.3 Å². The van der Waals surface area contributed by atoms with Gasteiger partial charge in [-0.1, -0.05) is 0 Å². The Morgan fingerprint density at radius 3 is 2.55 bits per heavy atom. The minimum absolute atomic E-state index is 0.111. The first-order chi connectivity index (χ1) is 5.20. The molecule has 1 saturated heterocycles. The molecule has 0 spiro atoms. The molecule has 0 aromatic heterocycles. The maximum absolute atomic E-state index is 7.02. The molecule has 1 aliphatic heterocycles. The van der Waals surface area contributed by atoms with Crippen LogP contribution < -0.4 is 11.2 Å². The van der Waals surface area contributed by atoms with Gasteiger partial charge in [0.1, 0.15) is 0 Å². The van der Waals surface area contributed by atoms with Crippen molar-refractivity contribution in [3.8, 4) is 0 Å². The average molecular weight is 229 g/mol. The van der Waals surface area contributed by atoms with E-state index in [1.54, 1.807) is 5.01 Å². The van der Waals surface area contributed by atoms with Crippen LogP contribution in [0.5, 0.6) is 0 Å². The Kier molecular flexibility index (Phi) is 5.83. The quantitative estimate of drug-likeness (QED) is 0.315. The van der Waals surface area contributed by atoms with Crippen molar-refractivity contribution in [2.45, 2.75) is 19.4 Å². The Bertz CT molecular complexity index is 132. The van der Waals surface area contributed by atoms with Gasteiger partial charge in [-0.2, -0.15) is 0 Å². The van der Waals surface area contributed by atoms with Crippen molar-refractivity contribution in [1.29, 1.82) is 5.41 Å². The first-order valence-electron chi connectivity index (χ1n) is 3.34. The number of hydrogen-bond acceptors (Lipinski definition) is 2. The molecular weight excluding hydrogens is 217 g/mol. The van der Waals surface area contributed by atoms with E-state index in [4.69, 9.17) is 20.8 Å². The van der Waals surface area contributed by atoms with Gasteiger partial charge in [-0.3, -0.25) is 10.4 Å². The molecule has 1 heterocycles. The third-order valence-corrected chi connectivity index (χ3v) is 1.45. The monoisotopic (exact) mass is 227 g/mol. The van der Waals surface area contributed by atoms with Crippen LogP contribution in [-0.2, 0) is 17.3 Å². The summed E-state index contributed by atoms with van der Waals surface area (Å²) in [4.78, 5) is 0. The van der Waals surface area contributed by atoms with Gasteiger partial charge in [0.25, 0.3) is 0 Å². The first kappa shape index (κ1) is 11.1. The normalized spacial score (nSPS) is 22.5. The number of nitrogens with two attached hydrogens (primary N) is 1. The number of guanidine groups is 1. The van der Waals surface area contributed by atoms with E-state index in [2.05, 4.69) is 12.3 Å². The molecule has 4 N–H and O–H groups in total. The van der Waals surface area contributed by atoms with Crippen LogP contribution in [0.1, 0.15) is 13.3 Å². The third-order valence-electron chi connectivity index (χ3n) is 1.45. The van der Waals surface area contributed by atoms with Crippen molar-refractivity contribution in [3.63, 3.8) is 0 Å². The van der Waals surface area contributed by atoms with Crippen molar-refractivity contribution in [2.24, 2.45) is 5.73 Å². The molecule has 0 amide bonds. The molecule has 61 valence electrons. The van der Waals surface area contributed by atoms with E-state index in [9.17, 15) is 0 Å². The summed E-state index contributed by atoms with van der Waals surface area (Å²) in [6.45, 7) is 2.93. The van der Waals surface area contributed by atoms with Crippen LogP contribution in [0.4, 0.5) is 0 Å². The van der Waals surface area contributed by atoms with Gasteiger partial charge < -0.3 is 5.73 Å². The number of hydrogen-bond donors (Lipinski definition) is 3. The maximum atomic E-state index is 7.02. The van der Waals surface area contributed by atoms with E-state index in [1.165, 1.54) is 0 Å². The minimum atomic E-state index is 0.111. The fraction of sp³-hybridized carbons (Fsp3) is 0.800. The zero-order chi connectivity index (χ0) is 8.85. The predicted molar refractivity (Wildman–Crippen MR) is 41.7 cm³/mol. The first-order valence-corrected chi connectivity index (χ1v) is 7.24. The Labute approximate surface area is 80.7 Å². The van der Waals surface area contributed by atoms with Gasteiger partial charge in [0.15, 0.2) is 0 Å². The Hall–Kier alpha value is 0.143. The van der Waals surface area contributed by atoms with Crippen LogP contribution in [0.3, 0.4) is 0 Å². The van der Waals surface area contributed by atoms with Crippen LogP contribution in [0.2, 0.25) is 0 Å². The molecule has 0 aromatic rings. The topological polar surface area (TPSA) is 65.1 Å². The van der Waals surface area contributed by atoms with Crippen LogP contribution in [0, 0.1) is 5.41 Å². The molecule has 4 nitrogen and oxygen atoms in total. The summed E-state index contributed by atoms with van der Waals surface area (Å²) in [6.07, 6.45) is 1.07. The van der Waals surface area contributed by atoms with Gasteiger partial charge in [-0.15, -0.1) is 0 Å². The molecule has 0 saturated carbocycles. The predicted octanol–water partition coefficient (Wildman–Crippen LogP) is 0.166. The fourth-order valence-electron chi connectivity index (χ4n) is 0.908. The summed E-state index contributed by atoms with van der Waals surface area (Å²) < 4.78 is 0. The molecule has 1 atom stereocenters. The van der Waals surface area contributed by atoms with Gasteiger partial charge in [-0.25, -0.2) is 5.43 Å². The number of nitrogens with zero attached hydrogens (tertiary/aromatic N) is 1. The number of hydrazine groups is 1. The number of halogens is 1. The zero-order valence-electron chi connectivity index (χ0n) is 6.60. The van der Waals surface area contributed by atoms with Gasteiger partial charge >= 0.3 is 27.0 Å². The molecule has 1 rings (SSSR count). The van der Waals surface area contributed by atoms with E-state index < -0.39 is 0 Å². The molecule has 1 fully saturated rings. The fourth-order valence-corrected chi connectivity index (χ4v) is 0.908. The molecule has 0 aromatic carbocycles. The molecular formula is C5H12ClN4Zn. The Morgan fingerprint density at radius 1 is 1.82 bits per heavy atom. The average Bonchev–Trinajstić information content (AvgIpc) is 2.40. The summed E-state index contributed by atoms with van der Waals surface area (Å²) in [5, 5.41) is 8.68. The van der Waals surface area contributed by atoms with E-state index >= 15 is 0 Å². The van der Waals surface area contributed by atoms with E-state index in [0.29, 0.717) is 6.04 Å². The summed E-state index contributed by atoms with van der Waals surface area (Å²) in [7, 11) is 4.76. The van der Waals surface area contributed by atoms with Gasteiger partial charge in [0.05, 0.1) is 0 Å². The van der Waals surface area contributed by atoms with Crippen molar-refractivity contribution in [2.75, 3.05) is 6.54 Å². The van der Waals surface area contributed by atoms with Crippen molar-refractivity contribution < 1.29 is 17.3 Å². The van der Waals surface area contributed by atoms with Gasteiger partial charge in [0, 0.05) is 12.6 Å². The van der Waals surface area contributed by atoms with E-state index in [1.807, 2.05) is 0 Å². The van der Waals surface area contributed by atoms with Crippen molar-refractivity contribution >= 4 is 15.7 Å². The second-order valence-electron chi connectivity index (χ2n) is 2.36. The van der Waals surface area contributed by atoms with Crippen molar-refractivity contribution in [1.82, 2.24) is 10.4 Å². The molecule has 0 radical (unpaired) electrons. The Balaban J connectivity index is 0.000000461. The number of rotatable bonds is 0. The summed E-state index contributed by atoms with van der Waals surface area (Å²) in [5.74, 6) is 0.111. The van der Waals surface area contributed by atoms with Gasteiger partial charge in [0.2, 0.25) is 5.96 Å².